The van der Waals surface area contributed by atoms with Crippen LogP contribution in [0.25, 0.3) is 65.7 Å². The van der Waals surface area contributed by atoms with Crippen molar-refractivity contribution in [1.82, 2.24) is 0 Å². The normalized spacial score (nSPS) is 14.1. The maximum atomic E-state index is 6.85. The van der Waals surface area contributed by atoms with Crippen molar-refractivity contribution >= 4 is 75.3 Å². The van der Waals surface area contributed by atoms with Crippen molar-refractivity contribution in [3.05, 3.63) is 153 Å². The molecule has 1 aromatic heterocycles. The lowest BCUT2D eigenvalue weighted by molar-refractivity contribution is 0.669. The fourth-order valence-corrected chi connectivity index (χ4v) is 9.12. The Balaban J connectivity index is 1.56. The van der Waals surface area contributed by atoms with Gasteiger partial charge in [0.05, 0.1) is 5.41 Å². The van der Waals surface area contributed by atoms with Crippen LogP contribution in [0.15, 0.2) is 135 Å². The molecule has 0 atom stereocenters. The summed E-state index contributed by atoms with van der Waals surface area (Å²) in [4.78, 5) is 0. The number of benzene rings is 7. The molecule has 42 heavy (non-hydrogen) atoms. The molecule has 0 N–H and O–H groups in total. The fourth-order valence-electron chi connectivity index (χ4n) is 8.14. The van der Waals surface area contributed by atoms with Gasteiger partial charge in [-0.3, -0.25) is 0 Å². The maximum Gasteiger partial charge on any atom is 0.144 e. The third-order valence-corrected chi connectivity index (χ3v) is 10.7. The van der Waals surface area contributed by atoms with Gasteiger partial charge in [-0.05, 0) is 84.8 Å². The van der Waals surface area contributed by atoms with E-state index in [1.54, 1.807) is 0 Å². The van der Waals surface area contributed by atoms with Crippen LogP contribution in [0.4, 0.5) is 0 Å². The zero-order valence-electron chi connectivity index (χ0n) is 22.2. The molecule has 0 unspecified atom stereocenters. The van der Waals surface area contributed by atoms with Crippen LogP contribution in [-0.2, 0) is 5.41 Å². The average Bonchev–Trinajstić information content (AvgIpc) is 3.66. The Bertz CT molecular complexity index is 2450. The minimum absolute atomic E-state index is 0.496. The van der Waals surface area contributed by atoms with Gasteiger partial charge in [-0.25, -0.2) is 0 Å². The molecule has 0 fully saturated rings. The van der Waals surface area contributed by atoms with Gasteiger partial charge in [-0.2, -0.15) is 0 Å². The van der Waals surface area contributed by atoms with Gasteiger partial charge in [0.15, 0.2) is 0 Å². The summed E-state index contributed by atoms with van der Waals surface area (Å²) in [6, 6.07) is 44.4. The molecule has 0 saturated heterocycles. The van der Waals surface area contributed by atoms with E-state index in [1.807, 2.05) is 0 Å². The van der Waals surface area contributed by atoms with E-state index in [-0.39, 0.29) is 0 Å². The van der Waals surface area contributed by atoms with Crippen LogP contribution in [0.5, 0.6) is 0 Å². The van der Waals surface area contributed by atoms with Crippen LogP contribution >= 0.6 is 31.9 Å². The minimum Gasteiger partial charge on any atom is -0.455 e. The largest absolute Gasteiger partial charge is 0.455 e. The third-order valence-electron chi connectivity index (χ3n) is 9.57. The van der Waals surface area contributed by atoms with E-state index in [4.69, 9.17) is 4.42 Å². The molecule has 1 heterocycles. The van der Waals surface area contributed by atoms with Gasteiger partial charge in [0.25, 0.3) is 0 Å². The number of fused-ring (bicyclic) bond motifs is 19. The van der Waals surface area contributed by atoms with Crippen molar-refractivity contribution in [1.29, 1.82) is 0 Å². The summed E-state index contributed by atoms with van der Waals surface area (Å²) in [5.74, 6) is 0. The van der Waals surface area contributed by atoms with Crippen LogP contribution in [0, 0.1) is 0 Å². The van der Waals surface area contributed by atoms with E-state index in [2.05, 4.69) is 153 Å². The highest BCUT2D eigenvalue weighted by molar-refractivity contribution is 9.11. The molecular formula is C39H20Br2O. The molecule has 3 heteroatoms. The van der Waals surface area contributed by atoms with Gasteiger partial charge in [0.2, 0.25) is 0 Å². The van der Waals surface area contributed by atoms with Crippen molar-refractivity contribution in [3.8, 4) is 22.3 Å². The Morgan fingerprint density at radius 3 is 1.90 bits per heavy atom. The van der Waals surface area contributed by atoms with E-state index >= 15 is 0 Å². The number of hydrogen-bond acceptors (Lipinski definition) is 1. The summed E-state index contributed by atoms with van der Waals surface area (Å²) in [5, 5.41) is 7.30. The fraction of sp³-hybridized carbons (Fsp3) is 0.0256. The van der Waals surface area contributed by atoms with Crippen LogP contribution in [0.1, 0.15) is 22.3 Å². The molecule has 0 saturated carbocycles. The van der Waals surface area contributed by atoms with Gasteiger partial charge in [0, 0.05) is 25.3 Å². The Labute approximate surface area is 258 Å². The van der Waals surface area contributed by atoms with Crippen molar-refractivity contribution in [2.45, 2.75) is 5.41 Å². The highest BCUT2D eigenvalue weighted by atomic mass is 79.9. The molecule has 0 radical (unpaired) electrons. The summed E-state index contributed by atoms with van der Waals surface area (Å²) in [6.45, 7) is 0. The van der Waals surface area contributed by atoms with E-state index < -0.39 is 5.41 Å². The monoisotopic (exact) mass is 662 g/mol. The molecular weight excluding hydrogens is 644 g/mol. The quantitative estimate of drug-likeness (QED) is 0.147. The smallest absolute Gasteiger partial charge is 0.144 e. The number of para-hydroxylation sites is 1. The van der Waals surface area contributed by atoms with E-state index in [1.165, 1.54) is 66.1 Å². The molecule has 0 aliphatic heterocycles. The summed E-state index contributed by atoms with van der Waals surface area (Å²) in [5.41, 5.74) is 11.7. The highest BCUT2D eigenvalue weighted by Gasteiger charge is 2.54. The summed E-state index contributed by atoms with van der Waals surface area (Å²) < 4.78 is 9.00. The zero-order valence-corrected chi connectivity index (χ0v) is 25.4. The Morgan fingerprint density at radius 1 is 0.500 bits per heavy atom. The van der Waals surface area contributed by atoms with Gasteiger partial charge >= 0.3 is 0 Å². The number of halogens is 2. The second-order valence-corrected chi connectivity index (χ2v) is 13.2. The van der Waals surface area contributed by atoms with Crippen LogP contribution in [-0.4, -0.2) is 0 Å². The molecule has 10 rings (SSSR count). The van der Waals surface area contributed by atoms with Crippen LogP contribution in [0.2, 0.25) is 0 Å². The maximum absolute atomic E-state index is 6.85. The van der Waals surface area contributed by atoms with Crippen LogP contribution < -0.4 is 0 Å². The predicted octanol–water partition coefficient (Wildman–Crippen LogP) is 11.8. The second kappa shape index (κ2) is 8.01. The lowest BCUT2D eigenvalue weighted by Crippen LogP contribution is -2.26. The standard InChI is InChI=1S/C39H20Br2O/c40-21-17-18-26-28(19-21)22-9-1-2-12-25(22)35-36-31(20-32(41)34-27-13-5-8-16-33(27)42-38(34)36)39(37(26)35)29-14-6-3-10-23(29)24-11-4-7-15-30(24)39/h1-20H. The molecule has 2 aliphatic rings. The minimum atomic E-state index is -0.496. The highest BCUT2D eigenvalue weighted by Crippen LogP contribution is 2.67. The van der Waals surface area contributed by atoms with Gasteiger partial charge in [-0.15, -0.1) is 0 Å². The van der Waals surface area contributed by atoms with Crippen LogP contribution in [0.3, 0.4) is 0 Å². The number of rotatable bonds is 0. The Hall–Kier alpha value is -4.18. The Kier molecular flexibility index (Phi) is 4.46. The lowest BCUT2D eigenvalue weighted by atomic mass is 9.69. The van der Waals surface area contributed by atoms with Crippen molar-refractivity contribution in [2.24, 2.45) is 0 Å². The topological polar surface area (TPSA) is 13.1 Å². The summed E-state index contributed by atoms with van der Waals surface area (Å²) in [6.07, 6.45) is 0. The molecule has 196 valence electrons. The summed E-state index contributed by atoms with van der Waals surface area (Å²) in [7, 11) is 0. The molecule has 2 aliphatic carbocycles. The predicted molar refractivity (Wildman–Crippen MR) is 180 cm³/mol. The first-order valence-corrected chi connectivity index (χ1v) is 15.7. The lowest BCUT2D eigenvalue weighted by Gasteiger charge is -2.32. The Morgan fingerprint density at radius 2 is 1.14 bits per heavy atom. The molecule has 7 aromatic carbocycles. The SMILES string of the molecule is Brc1ccc2c3c(c4ccccc4c2c1)-c1c(cc(Br)c2c1oc1ccccc12)C31c2ccccc2-c2ccccc21. The molecule has 0 bridgehead atoms. The van der Waals surface area contributed by atoms with Crippen molar-refractivity contribution in [2.75, 3.05) is 0 Å². The first kappa shape index (κ1) is 23.4. The first-order valence-electron chi connectivity index (χ1n) is 14.2. The molecule has 0 amide bonds. The van der Waals surface area contributed by atoms with E-state index in [0.29, 0.717) is 0 Å². The molecule has 1 spiro atoms. The second-order valence-electron chi connectivity index (χ2n) is 11.4. The number of furan rings is 1. The van der Waals surface area contributed by atoms with Gasteiger partial charge < -0.3 is 4.42 Å². The number of hydrogen-bond donors (Lipinski definition) is 0. The van der Waals surface area contributed by atoms with E-state index in [9.17, 15) is 0 Å². The third kappa shape index (κ3) is 2.62. The average molecular weight is 664 g/mol. The molecule has 8 aromatic rings. The van der Waals surface area contributed by atoms with E-state index in [0.717, 1.165) is 30.9 Å². The molecule has 1 nitrogen and oxygen atoms in total. The first-order chi connectivity index (χ1) is 20.7. The van der Waals surface area contributed by atoms with Gasteiger partial charge in [-0.1, -0.05) is 129 Å². The van der Waals surface area contributed by atoms with Crippen molar-refractivity contribution < 1.29 is 4.42 Å². The summed E-state index contributed by atoms with van der Waals surface area (Å²) >= 11 is 7.84. The zero-order chi connectivity index (χ0) is 27.7. The van der Waals surface area contributed by atoms with Crippen molar-refractivity contribution in [3.63, 3.8) is 0 Å². The van der Waals surface area contributed by atoms with Gasteiger partial charge in [0.1, 0.15) is 11.2 Å².